The van der Waals surface area contributed by atoms with Gasteiger partial charge in [-0.05, 0) is 13.5 Å². The topological polar surface area (TPSA) is 60.2 Å². The lowest BCUT2D eigenvalue weighted by molar-refractivity contribution is 0.312. The van der Waals surface area contributed by atoms with Crippen molar-refractivity contribution in [3.05, 3.63) is 5.56 Å². The Bertz CT molecular complexity index is 431. The molecular formula is C13H24N6. The Morgan fingerprint density at radius 3 is 2.53 bits per heavy atom. The van der Waals surface area contributed by atoms with Crippen molar-refractivity contribution in [2.75, 3.05) is 50.0 Å². The Morgan fingerprint density at radius 2 is 1.95 bits per heavy atom. The number of hydrogen-bond donors (Lipinski definition) is 2. The van der Waals surface area contributed by atoms with Crippen LogP contribution < -0.4 is 10.2 Å². The molecule has 1 fully saturated rings. The second-order valence-electron chi connectivity index (χ2n) is 5.07. The Hall–Kier alpha value is -1.56. The smallest absolute Gasteiger partial charge is 0.161 e. The molecule has 0 atom stereocenters. The van der Waals surface area contributed by atoms with Gasteiger partial charge in [0.1, 0.15) is 5.82 Å². The highest BCUT2D eigenvalue weighted by atomic mass is 15.4. The van der Waals surface area contributed by atoms with Crippen LogP contribution in [0.3, 0.4) is 0 Å². The Kier molecular flexibility index (Phi) is 4.42. The minimum atomic E-state index is 0.903. The van der Waals surface area contributed by atoms with Crippen LogP contribution in [0.5, 0.6) is 0 Å². The Balaban J connectivity index is 2.22. The summed E-state index contributed by atoms with van der Waals surface area (Å²) in [6, 6.07) is 0. The number of nitrogens with zero attached hydrogens (tertiary/aromatic N) is 4. The minimum absolute atomic E-state index is 0.903. The lowest BCUT2D eigenvalue weighted by atomic mass is 10.2. The molecule has 0 bridgehead atoms. The normalized spacial score (nSPS) is 16.7. The number of nitrogens with one attached hydrogen (secondary N) is 2. The monoisotopic (exact) mass is 264 g/mol. The van der Waals surface area contributed by atoms with Crippen molar-refractivity contribution in [3.8, 4) is 0 Å². The summed E-state index contributed by atoms with van der Waals surface area (Å²) in [6.07, 6.45) is 2.48. The van der Waals surface area contributed by atoms with Gasteiger partial charge in [-0.2, -0.15) is 5.10 Å². The number of piperazine rings is 1. The highest BCUT2D eigenvalue weighted by Gasteiger charge is 2.22. The molecule has 1 aromatic rings. The van der Waals surface area contributed by atoms with Crippen molar-refractivity contribution in [1.82, 2.24) is 14.7 Å². The zero-order valence-electron chi connectivity index (χ0n) is 12.1. The van der Waals surface area contributed by atoms with Crippen LogP contribution in [0.2, 0.25) is 0 Å². The van der Waals surface area contributed by atoms with Crippen LogP contribution in [-0.4, -0.2) is 60.7 Å². The summed E-state index contributed by atoms with van der Waals surface area (Å²) in [5.41, 5.74) is 0.903. The standard InChI is InChI=1S/C13H24N6/c1-4-5-15-12-11(10-14)13(16-18(12)3)19-8-6-17(2)7-9-19/h10,14-15H,4-9H2,1-3H3. The summed E-state index contributed by atoms with van der Waals surface area (Å²) in [5.74, 6) is 1.88. The molecule has 106 valence electrons. The quantitative estimate of drug-likeness (QED) is 0.779. The molecule has 0 saturated carbocycles. The molecule has 0 aromatic carbocycles. The van der Waals surface area contributed by atoms with E-state index >= 15 is 0 Å². The van der Waals surface area contributed by atoms with E-state index in [4.69, 9.17) is 5.41 Å². The maximum absolute atomic E-state index is 7.68. The summed E-state index contributed by atoms with van der Waals surface area (Å²) in [6.45, 7) is 7.08. The Labute approximate surface area is 114 Å². The van der Waals surface area contributed by atoms with Crippen LogP contribution in [0.4, 0.5) is 11.6 Å². The molecule has 6 heteroatoms. The van der Waals surface area contributed by atoms with Crippen molar-refractivity contribution >= 4 is 17.9 Å². The molecule has 1 aliphatic heterocycles. The van der Waals surface area contributed by atoms with Gasteiger partial charge in [0.15, 0.2) is 5.82 Å². The second kappa shape index (κ2) is 6.06. The van der Waals surface area contributed by atoms with E-state index in [1.165, 1.54) is 6.21 Å². The molecule has 0 unspecified atom stereocenters. The molecule has 2 heterocycles. The molecule has 0 amide bonds. The van der Waals surface area contributed by atoms with Crippen molar-refractivity contribution in [2.45, 2.75) is 13.3 Å². The van der Waals surface area contributed by atoms with Gasteiger partial charge < -0.3 is 20.5 Å². The van der Waals surface area contributed by atoms with Crippen LogP contribution >= 0.6 is 0 Å². The van der Waals surface area contributed by atoms with Crippen LogP contribution in [-0.2, 0) is 7.05 Å². The number of aromatic nitrogens is 2. The first-order valence-electron chi connectivity index (χ1n) is 6.92. The van der Waals surface area contributed by atoms with Crippen LogP contribution in [0.15, 0.2) is 0 Å². The maximum Gasteiger partial charge on any atom is 0.161 e. The van der Waals surface area contributed by atoms with Crippen LogP contribution in [0.1, 0.15) is 18.9 Å². The lowest BCUT2D eigenvalue weighted by Crippen LogP contribution is -2.45. The summed E-state index contributed by atoms with van der Waals surface area (Å²) in [7, 11) is 4.08. The summed E-state index contributed by atoms with van der Waals surface area (Å²) in [5, 5.41) is 15.6. The highest BCUT2D eigenvalue weighted by Crippen LogP contribution is 2.25. The fourth-order valence-electron chi connectivity index (χ4n) is 2.36. The first-order chi connectivity index (χ1) is 9.17. The zero-order valence-corrected chi connectivity index (χ0v) is 12.1. The fraction of sp³-hybridized carbons (Fsp3) is 0.692. The van der Waals surface area contributed by atoms with Gasteiger partial charge in [0, 0.05) is 46.0 Å². The molecule has 0 radical (unpaired) electrons. The molecule has 19 heavy (non-hydrogen) atoms. The number of likely N-dealkylation sites (N-methyl/N-ethyl adjacent to an activating group) is 1. The predicted octanol–water partition coefficient (Wildman–Crippen LogP) is 0.991. The van der Waals surface area contributed by atoms with Gasteiger partial charge in [0.25, 0.3) is 0 Å². The molecule has 6 nitrogen and oxygen atoms in total. The average molecular weight is 264 g/mol. The van der Waals surface area contributed by atoms with Gasteiger partial charge in [-0.15, -0.1) is 0 Å². The van der Waals surface area contributed by atoms with E-state index in [1.807, 2.05) is 11.7 Å². The molecule has 1 saturated heterocycles. The van der Waals surface area contributed by atoms with Gasteiger partial charge in [-0.25, -0.2) is 0 Å². The third-order valence-corrected chi connectivity index (χ3v) is 3.55. The summed E-state index contributed by atoms with van der Waals surface area (Å²) in [4.78, 5) is 4.59. The third-order valence-electron chi connectivity index (χ3n) is 3.55. The van der Waals surface area contributed by atoms with Gasteiger partial charge in [-0.1, -0.05) is 6.92 Å². The van der Waals surface area contributed by atoms with E-state index in [-0.39, 0.29) is 0 Å². The largest absolute Gasteiger partial charge is 0.370 e. The molecule has 2 N–H and O–H groups in total. The lowest BCUT2D eigenvalue weighted by Gasteiger charge is -2.32. The van der Waals surface area contributed by atoms with Gasteiger partial charge in [-0.3, -0.25) is 4.68 Å². The van der Waals surface area contributed by atoms with E-state index in [2.05, 4.69) is 34.2 Å². The van der Waals surface area contributed by atoms with Crippen molar-refractivity contribution in [2.24, 2.45) is 7.05 Å². The van der Waals surface area contributed by atoms with E-state index in [0.29, 0.717) is 0 Å². The summed E-state index contributed by atoms with van der Waals surface area (Å²) < 4.78 is 1.85. The number of aryl methyl sites for hydroxylation is 1. The zero-order chi connectivity index (χ0) is 13.8. The molecule has 0 aliphatic carbocycles. The maximum atomic E-state index is 7.68. The molecule has 1 aromatic heterocycles. The average Bonchev–Trinajstić information content (AvgIpc) is 2.73. The predicted molar refractivity (Wildman–Crippen MR) is 79.6 cm³/mol. The van der Waals surface area contributed by atoms with Crippen molar-refractivity contribution < 1.29 is 0 Å². The molecular weight excluding hydrogens is 240 g/mol. The third kappa shape index (κ3) is 2.89. The molecule has 2 rings (SSSR count). The van der Waals surface area contributed by atoms with Gasteiger partial charge in [0.2, 0.25) is 0 Å². The number of anilines is 2. The first-order valence-corrected chi connectivity index (χ1v) is 6.92. The fourth-order valence-corrected chi connectivity index (χ4v) is 2.36. The van der Waals surface area contributed by atoms with Gasteiger partial charge in [0.05, 0.1) is 5.56 Å². The summed E-state index contributed by atoms with van der Waals surface area (Å²) >= 11 is 0. The van der Waals surface area contributed by atoms with E-state index in [9.17, 15) is 0 Å². The highest BCUT2D eigenvalue weighted by molar-refractivity contribution is 5.91. The van der Waals surface area contributed by atoms with Crippen LogP contribution in [0.25, 0.3) is 0 Å². The number of rotatable bonds is 5. The Morgan fingerprint density at radius 1 is 1.26 bits per heavy atom. The minimum Gasteiger partial charge on any atom is -0.370 e. The van der Waals surface area contributed by atoms with E-state index in [1.54, 1.807) is 0 Å². The molecule has 0 spiro atoms. The van der Waals surface area contributed by atoms with Crippen molar-refractivity contribution in [1.29, 1.82) is 5.41 Å². The second-order valence-corrected chi connectivity index (χ2v) is 5.07. The van der Waals surface area contributed by atoms with E-state index < -0.39 is 0 Å². The van der Waals surface area contributed by atoms with Crippen molar-refractivity contribution in [3.63, 3.8) is 0 Å². The van der Waals surface area contributed by atoms with E-state index in [0.717, 1.165) is 56.3 Å². The van der Waals surface area contributed by atoms with Gasteiger partial charge >= 0.3 is 0 Å². The number of hydrogen-bond acceptors (Lipinski definition) is 5. The van der Waals surface area contributed by atoms with Crippen LogP contribution in [0, 0.1) is 5.41 Å². The SMILES string of the molecule is CCCNc1c(C=N)c(N2CCN(C)CC2)nn1C. The molecule has 1 aliphatic rings. The first kappa shape index (κ1) is 13.9.